The lowest BCUT2D eigenvalue weighted by atomic mass is 9.95. The molecule has 1 atom stereocenters. The number of carbonyl (C=O) groups is 1. The van der Waals surface area contributed by atoms with Crippen molar-refractivity contribution in [3.8, 4) is 0 Å². The second-order valence-electron chi connectivity index (χ2n) is 4.64. The van der Waals surface area contributed by atoms with E-state index in [0.717, 1.165) is 33.7 Å². The van der Waals surface area contributed by atoms with Crippen LogP contribution in [0, 0.1) is 5.41 Å². The summed E-state index contributed by atoms with van der Waals surface area (Å²) in [4.78, 5) is 11.6. The molecular formula is C12H27NO4. The highest BCUT2D eigenvalue weighted by Crippen LogP contribution is 2.14. The number of amides is 1. The minimum Gasteiger partial charge on any atom is -0.400 e. The van der Waals surface area contributed by atoms with Crippen molar-refractivity contribution in [3.63, 3.8) is 0 Å². The molecule has 5 nitrogen and oxygen atoms in total. The Kier molecular flexibility index (Phi) is 11.6. The molecule has 1 aliphatic rings. The highest BCUT2D eigenvalue weighted by Gasteiger charge is 2.24. The van der Waals surface area contributed by atoms with Crippen molar-refractivity contribution in [2.24, 2.45) is 5.41 Å². The highest BCUT2D eigenvalue weighted by molar-refractivity contribution is 5.81. The summed E-state index contributed by atoms with van der Waals surface area (Å²) in [5, 5.41) is 17.0. The van der Waals surface area contributed by atoms with Crippen LogP contribution < -0.4 is 5.32 Å². The van der Waals surface area contributed by atoms with Crippen molar-refractivity contribution in [2.75, 3.05) is 27.4 Å². The maximum absolute atomic E-state index is 11.6. The summed E-state index contributed by atoms with van der Waals surface area (Å²) in [6, 6.07) is 0.223. The molecule has 1 unspecified atom stereocenters. The monoisotopic (exact) mass is 249 g/mol. The van der Waals surface area contributed by atoms with Crippen molar-refractivity contribution >= 4 is 5.91 Å². The van der Waals surface area contributed by atoms with Crippen LogP contribution in [0.4, 0.5) is 0 Å². The molecule has 0 radical (unpaired) electrons. The molecule has 0 aromatic carbocycles. The third-order valence-electron chi connectivity index (χ3n) is 2.18. The van der Waals surface area contributed by atoms with Crippen LogP contribution in [0.5, 0.6) is 0 Å². The number of aliphatic hydroxyl groups excluding tert-OH is 2. The van der Waals surface area contributed by atoms with E-state index in [1.54, 1.807) is 0 Å². The van der Waals surface area contributed by atoms with Crippen LogP contribution in [0.15, 0.2) is 0 Å². The molecule has 0 saturated carbocycles. The van der Waals surface area contributed by atoms with Crippen LogP contribution in [-0.2, 0) is 9.53 Å². The maximum atomic E-state index is 11.6. The maximum Gasteiger partial charge on any atom is 0.225 e. The normalized spacial score (nSPS) is 19.1. The quantitative estimate of drug-likeness (QED) is 0.634. The van der Waals surface area contributed by atoms with E-state index < -0.39 is 0 Å². The number of ether oxygens (including phenoxy) is 1. The van der Waals surface area contributed by atoms with Gasteiger partial charge < -0.3 is 20.3 Å². The molecule has 0 spiro atoms. The standard InChI is InChI=1S/C10H19NO2.2CH4O/c1-10(2,3)9(12)11-8-5-4-6-13-7-8;2*1-2/h8H,4-7H2,1-3H3,(H,11,12);2*2H,1H3. The van der Waals surface area contributed by atoms with Crippen molar-refractivity contribution < 1.29 is 19.7 Å². The van der Waals surface area contributed by atoms with E-state index in [2.05, 4.69) is 5.32 Å². The van der Waals surface area contributed by atoms with Gasteiger partial charge in [-0.3, -0.25) is 4.79 Å². The fraction of sp³-hybridized carbons (Fsp3) is 0.917. The summed E-state index contributed by atoms with van der Waals surface area (Å²) < 4.78 is 5.28. The lowest BCUT2D eigenvalue weighted by Gasteiger charge is -2.27. The zero-order chi connectivity index (χ0) is 13.9. The van der Waals surface area contributed by atoms with Gasteiger partial charge in [0.05, 0.1) is 12.6 Å². The largest absolute Gasteiger partial charge is 0.400 e. The second-order valence-corrected chi connectivity index (χ2v) is 4.64. The number of carbonyl (C=O) groups excluding carboxylic acids is 1. The summed E-state index contributed by atoms with van der Waals surface area (Å²) in [6.07, 6.45) is 2.09. The van der Waals surface area contributed by atoms with Crippen LogP contribution >= 0.6 is 0 Å². The minimum absolute atomic E-state index is 0.114. The van der Waals surface area contributed by atoms with Gasteiger partial charge in [-0.15, -0.1) is 0 Å². The van der Waals surface area contributed by atoms with E-state index in [1.165, 1.54) is 0 Å². The molecule has 1 aliphatic heterocycles. The summed E-state index contributed by atoms with van der Waals surface area (Å²) in [6.45, 7) is 7.27. The first-order chi connectivity index (χ1) is 8.00. The molecule has 104 valence electrons. The Bertz CT molecular complexity index is 183. The molecule has 0 aromatic heterocycles. The van der Waals surface area contributed by atoms with Gasteiger partial charge in [-0.05, 0) is 12.8 Å². The van der Waals surface area contributed by atoms with Crippen LogP contribution in [0.25, 0.3) is 0 Å². The van der Waals surface area contributed by atoms with Crippen LogP contribution in [-0.4, -0.2) is 49.6 Å². The van der Waals surface area contributed by atoms with Crippen LogP contribution in [0.2, 0.25) is 0 Å². The summed E-state index contributed by atoms with van der Waals surface area (Å²) >= 11 is 0. The fourth-order valence-electron chi connectivity index (χ4n) is 1.26. The molecule has 1 amide bonds. The third kappa shape index (κ3) is 9.09. The third-order valence-corrected chi connectivity index (χ3v) is 2.18. The molecule has 17 heavy (non-hydrogen) atoms. The Hall–Kier alpha value is -0.650. The topological polar surface area (TPSA) is 78.8 Å². The molecular weight excluding hydrogens is 222 g/mol. The highest BCUT2D eigenvalue weighted by atomic mass is 16.5. The first kappa shape index (κ1) is 18.7. The summed E-state index contributed by atoms with van der Waals surface area (Å²) in [5.74, 6) is 0.114. The molecule has 0 aliphatic carbocycles. The van der Waals surface area contributed by atoms with Gasteiger partial charge in [-0.2, -0.15) is 0 Å². The molecule has 0 bridgehead atoms. The molecule has 0 aromatic rings. The van der Waals surface area contributed by atoms with Gasteiger partial charge in [0.1, 0.15) is 0 Å². The molecule has 1 heterocycles. The fourth-order valence-corrected chi connectivity index (χ4v) is 1.26. The van der Waals surface area contributed by atoms with Crippen LogP contribution in [0.1, 0.15) is 33.6 Å². The Morgan fingerprint density at radius 1 is 1.24 bits per heavy atom. The molecule has 5 heteroatoms. The Balaban J connectivity index is 0. The molecule has 3 N–H and O–H groups in total. The van der Waals surface area contributed by atoms with E-state index >= 15 is 0 Å². The van der Waals surface area contributed by atoms with E-state index in [-0.39, 0.29) is 17.4 Å². The summed E-state index contributed by atoms with van der Waals surface area (Å²) in [5.41, 5.74) is -0.294. The van der Waals surface area contributed by atoms with Gasteiger partial charge in [0.25, 0.3) is 0 Å². The van der Waals surface area contributed by atoms with Crippen LogP contribution in [0.3, 0.4) is 0 Å². The second kappa shape index (κ2) is 10.5. The zero-order valence-corrected chi connectivity index (χ0v) is 11.6. The first-order valence-corrected chi connectivity index (χ1v) is 5.78. The molecule has 1 fully saturated rings. The van der Waals surface area contributed by atoms with Gasteiger partial charge in [-0.25, -0.2) is 0 Å². The molecule has 1 rings (SSSR count). The average Bonchev–Trinajstić information content (AvgIpc) is 2.34. The Morgan fingerprint density at radius 2 is 1.76 bits per heavy atom. The number of hydrogen-bond donors (Lipinski definition) is 3. The van der Waals surface area contributed by atoms with E-state index in [0.29, 0.717) is 6.61 Å². The number of hydrogen-bond acceptors (Lipinski definition) is 4. The van der Waals surface area contributed by atoms with Crippen molar-refractivity contribution in [3.05, 3.63) is 0 Å². The SMILES string of the molecule is CC(C)(C)C(=O)NC1CCCOC1.CO.CO. The van der Waals surface area contributed by atoms with Gasteiger partial charge >= 0.3 is 0 Å². The van der Waals surface area contributed by atoms with Crippen molar-refractivity contribution in [2.45, 2.75) is 39.7 Å². The Morgan fingerprint density at radius 3 is 2.12 bits per heavy atom. The lowest BCUT2D eigenvalue weighted by Crippen LogP contribution is -2.45. The Labute approximate surface area is 104 Å². The van der Waals surface area contributed by atoms with Gasteiger partial charge in [-0.1, -0.05) is 20.8 Å². The van der Waals surface area contributed by atoms with E-state index in [1.807, 2.05) is 20.8 Å². The number of nitrogens with one attached hydrogen (secondary N) is 1. The predicted molar refractivity (Wildman–Crippen MR) is 67.7 cm³/mol. The zero-order valence-electron chi connectivity index (χ0n) is 11.6. The minimum atomic E-state index is -0.294. The van der Waals surface area contributed by atoms with E-state index in [4.69, 9.17) is 14.9 Å². The van der Waals surface area contributed by atoms with Crippen molar-refractivity contribution in [1.82, 2.24) is 5.32 Å². The van der Waals surface area contributed by atoms with Gasteiger partial charge in [0, 0.05) is 26.2 Å². The lowest BCUT2D eigenvalue weighted by molar-refractivity contribution is -0.130. The average molecular weight is 249 g/mol. The number of rotatable bonds is 1. The first-order valence-electron chi connectivity index (χ1n) is 5.78. The summed E-state index contributed by atoms with van der Waals surface area (Å²) in [7, 11) is 2.00. The van der Waals surface area contributed by atoms with Gasteiger partial charge in [0.15, 0.2) is 0 Å². The molecule has 1 saturated heterocycles. The number of aliphatic hydroxyl groups is 2. The smallest absolute Gasteiger partial charge is 0.225 e. The predicted octanol–water partition coefficient (Wildman–Crippen LogP) is 0.545. The van der Waals surface area contributed by atoms with Gasteiger partial charge in [0.2, 0.25) is 5.91 Å². The van der Waals surface area contributed by atoms with Crippen molar-refractivity contribution in [1.29, 1.82) is 0 Å². The van der Waals surface area contributed by atoms with E-state index in [9.17, 15) is 4.79 Å².